The van der Waals surface area contributed by atoms with Crippen molar-refractivity contribution in [3.05, 3.63) is 22.4 Å². The van der Waals surface area contributed by atoms with Gasteiger partial charge in [0.1, 0.15) is 0 Å². The highest BCUT2D eigenvalue weighted by Gasteiger charge is 2.38. The van der Waals surface area contributed by atoms with Crippen LogP contribution in [0, 0.1) is 5.92 Å². The number of rotatable bonds is 3. The molecule has 2 N–H and O–H groups in total. The van der Waals surface area contributed by atoms with Gasteiger partial charge < -0.3 is 5.73 Å². The molecular weight excluding hydrogens is 252 g/mol. The first-order valence-corrected chi connectivity index (χ1v) is 8.75. The van der Waals surface area contributed by atoms with Gasteiger partial charge in [-0.3, -0.25) is 4.90 Å². The Balaban J connectivity index is 1.84. The Kier molecular flexibility index (Phi) is 4.25. The third kappa shape index (κ3) is 2.74. The summed E-state index contributed by atoms with van der Waals surface area (Å²) < 4.78 is 0. The maximum atomic E-state index is 6.34. The number of nitrogens with zero attached hydrogens (tertiary/aromatic N) is 1. The van der Waals surface area contributed by atoms with Crippen molar-refractivity contribution in [2.45, 2.75) is 63.6 Å². The zero-order valence-electron chi connectivity index (χ0n) is 11.9. The van der Waals surface area contributed by atoms with E-state index in [1.54, 1.807) is 11.3 Å². The smallest absolute Gasteiger partial charge is 0.0507 e. The first kappa shape index (κ1) is 13.6. The Labute approximate surface area is 121 Å². The second kappa shape index (κ2) is 5.94. The van der Waals surface area contributed by atoms with Gasteiger partial charge in [0.25, 0.3) is 0 Å². The van der Waals surface area contributed by atoms with E-state index in [0.717, 1.165) is 12.0 Å². The van der Waals surface area contributed by atoms with Crippen molar-refractivity contribution in [3.63, 3.8) is 0 Å². The second-order valence-electron chi connectivity index (χ2n) is 6.35. The molecule has 0 spiro atoms. The summed E-state index contributed by atoms with van der Waals surface area (Å²) in [5.41, 5.74) is 7.78. The summed E-state index contributed by atoms with van der Waals surface area (Å²) in [6, 6.07) is 3.70. The summed E-state index contributed by atoms with van der Waals surface area (Å²) in [6.07, 6.45) is 8.47. The summed E-state index contributed by atoms with van der Waals surface area (Å²) in [5, 5.41) is 4.48. The lowest BCUT2D eigenvalue weighted by Gasteiger charge is -2.48. The molecule has 1 aromatic rings. The Morgan fingerprint density at radius 2 is 2.05 bits per heavy atom. The molecule has 2 aliphatic rings. The van der Waals surface area contributed by atoms with E-state index in [-0.39, 0.29) is 6.04 Å². The van der Waals surface area contributed by atoms with Gasteiger partial charge in [-0.15, -0.1) is 0 Å². The molecule has 0 aromatic carbocycles. The van der Waals surface area contributed by atoms with Gasteiger partial charge in [-0.2, -0.15) is 11.3 Å². The molecule has 1 aliphatic heterocycles. The van der Waals surface area contributed by atoms with Crippen LogP contribution in [-0.4, -0.2) is 23.5 Å². The molecule has 0 bridgehead atoms. The summed E-state index contributed by atoms with van der Waals surface area (Å²) in [7, 11) is 0. The monoisotopic (exact) mass is 278 g/mol. The number of hydrogen-bond acceptors (Lipinski definition) is 3. The van der Waals surface area contributed by atoms with Gasteiger partial charge in [-0.1, -0.05) is 12.8 Å². The molecule has 2 fully saturated rings. The number of likely N-dealkylation sites (tertiary alicyclic amines) is 1. The van der Waals surface area contributed by atoms with Gasteiger partial charge in [0, 0.05) is 12.1 Å². The van der Waals surface area contributed by atoms with E-state index >= 15 is 0 Å². The third-order valence-corrected chi connectivity index (χ3v) is 5.73. The van der Waals surface area contributed by atoms with Crippen molar-refractivity contribution in [3.8, 4) is 0 Å². The minimum absolute atomic E-state index is 0.218. The van der Waals surface area contributed by atoms with Crippen LogP contribution in [0.15, 0.2) is 16.8 Å². The lowest BCUT2D eigenvalue weighted by molar-refractivity contribution is 0.0180. The summed E-state index contributed by atoms with van der Waals surface area (Å²) in [6.45, 7) is 3.41. The minimum atomic E-state index is 0.218. The van der Waals surface area contributed by atoms with Crippen molar-refractivity contribution >= 4 is 11.3 Å². The van der Waals surface area contributed by atoms with Gasteiger partial charge >= 0.3 is 0 Å². The maximum absolute atomic E-state index is 6.34. The Bertz CT molecular complexity index is 385. The standard InChI is InChI=1S/C16H26N2S/c1-12(17)16(14-8-10-19-11-14)18-9-4-6-13-5-2-3-7-15(13)18/h8,10-13,15-16H,2-7,9,17H2,1H3. The molecular formula is C16H26N2S. The normalized spacial score (nSPS) is 31.7. The second-order valence-corrected chi connectivity index (χ2v) is 7.13. The molecule has 0 radical (unpaired) electrons. The molecule has 0 amide bonds. The molecule has 2 heterocycles. The van der Waals surface area contributed by atoms with Crippen LogP contribution in [0.2, 0.25) is 0 Å². The fraction of sp³-hybridized carbons (Fsp3) is 0.750. The summed E-state index contributed by atoms with van der Waals surface area (Å²) in [4.78, 5) is 2.75. The first-order chi connectivity index (χ1) is 9.27. The van der Waals surface area contributed by atoms with E-state index in [4.69, 9.17) is 5.73 Å². The Morgan fingerprint density at radius 1 is 1.26 bits per heavy atom. The van der Waals surface area contributed by atoms with Crippen LogP contribution in [0.1, 0.15) is 57.1 Å². The van der Waals surface area contributed by atoms with E-state index in [9.17, 15) is 0 Å². The quantitative estimate of drug-likeness (QED) is 0.911. The highest BCUT2D eigenvalue weighted by molar-refractivity contribution is 7.07. The van der Waals surface area contributed by atoms with Crippen LogP contribution >= 0.6 is 11.3 Å². The number of piperidine rings is 1. The highest BCUT2D eigenvalue weighted by Crippen LogP contribution is 2.40. The predicted molar refractivity (Wildman–Crippen MR) is 82.4 cm³/mol. The van der Waals surface area contributed by atoms with Crippen LogP contribution in [0.3, 0.4) is 0 Å². The van der Waals surface area contributed by atoms with Crippen molar-refractivity contribution in [2.75, 3.05) is 6.54 Å². The zero-order chi connectivity index (χ0) is 13.2. The van der Waals surface area contributed by atoms with Crippen LogP contribution in [0.25, 0.3) is 0 Å². The molecule has 4 unspecified atom stereocenters. The van der Waals surface area contributed by atoms with Crippen molar-refractivity contribution in [2.24, 2.45) is 11.7 Å². The fourth-order valence-electron chi connectivity index (χ4n) is 4.25. The topological polar surface area (TPSA) is 29.3 Å². The molecule has 1 saturated heterocycles. The number of thiophene rings is 1. The largest absolute Gasteiger partial charge is 0.326 e. The average Bonchev–Trinajstić information content (AvgIpc) is 2.93. The predicted octanol–water partition coefficient (Wildman–Crippen LogP) is 3.79. The summed E-state index contributed by atoms with van der Waals surface area (Å²) >= 11 is 1.80. The Morgan fingerprint density at radius 3 is 2.79 bits per heavy atom. The summed E-state index contributed by atoms with van der Waals surface area (Å²) in [5.74, 6) is 0.933. The first-order valence-electron chi connectivity index (χ1n) is 7.81. The lowest BCUT2D eigenvalue weighted by Crippen LogP contribution is -2.52. The van der Waals surface area contributed by atoms with E-state index in [0.29, 0.717) is 6.04 Å². The van der Waals surface area contributed by atoms with Gasteiger partial charge in [-0.25, -0.2) is 0 Å². The van der Waals surface area contributed by atoms with Crippen LogP contribution in [0.5, 0.6) is 0 Å². The van der Waals surface area contributed by atoms with Crippen molar-refractivity contribution < 1.29 is 0 Å². The molecule has 3 heteroatoms. The molecule has 1 aromatic heterocycles. The van der Waals surface area contributed by atoms with Crippen molar-refractivity contribution in [1.82, 2.24) is 4.90 Å². The molecule has 1 saturated carbocycles. The molecule has 4 atom stereocenters. The molecule has 2 nitrogen and oxygen atoms in total. The van der Waals surface area contributed by atoms with E-state index < -0.39 is 0 Å². The molecule has 19 heavy (non-hydrogen) atoms. The van der Waals surface area contributed by atoms with Crippen LogP contribution < -0.4 is 5.73 Å². The molecule has 106 valence electrons. The highest BCUT2D eigenvalue weighted by atomic mass is 32.1. The lowest BCUT2D eigenvalue weighted by atomic mass is 9.77. The average molecular weight is 278 g/mol. The zero-order valence-corrected chi connectivity index (χ0v) is 12.7. The van der Waals surface area contributed by atoms with E-state index in [2.05, 4.69) is 28.7 Å². The van der Waals surface area contributed by atoms with Crippen molar-refractivity contribution in [1.29, 1.82) is 0 Å². The fourth-order valence-corrected chi connectivity index (χ4v) is 4.94. The molecule has 3 rings (SSSR count). The van der Waals surface area contributed by atoms with E-state index in [1.165, 1.54) is 50.6 Å². The maximum Gasteiger partial charge on any atom is 0.0507 e. The SMILES string of the molecule is CC(N)C(c1ccsc1)N1CCCC2CCCCC21. The van der Waals surface area contributed by atoms with Gasteiger partial charge in [0.15, 0.2) is 0 Å². The minimum Gasteiger partial charge on any atom is -0.326 e. The number of nitrogens with two attached hydrogens (primary N) is 1. The Hall–Kier alpha value is -0.380. The van der Waals surface area contributed by atoms with Gasteiger partial charge in [0.2, 0.25) is 0 Å². The third-order valence-electron chi connectivity index (χ3n) is 5.03. The van der Waals surface area contributed by atoms with Gasteiger partial charge in [0.05, 0.1) is 6.04 Å². The van der Waals surface area contributed by atoms with Crippen LogP contribution in [0.4, 0.5) is 0 Å². The molecule has 1 aliphatic carbocycles. The number of fused-ring (bicyclic) bond motifs is 1. The van der Waals surface area contributed by atoms with E-state index in [1.807, 2.05) is 0 Å². The van der Waals surface area contributed by atoms with Gasteiger partial charge in [-0.05, 0) is 67.5 Å². The van der Waals surface area contributed by atoms with Crippen LogP contribution in [-0.2, 0) is 0 Å². The number of hydrogen-bond donors (Lipinski definition) is 1.